The van der Waals surface area contributed by atoms with E-state index < -0.39 is 0 Å². The summed E-state index contributed by atoms with van der Waals surface area (Å²) in [5.41, 5.74) is 0. The average Bonchev–Trinajstić information content (AvgIpc) is 2.71. The highest BCUT2D eigenvalue weighted by atomic mass is 35.5. The summed E-state index contributed by atoms with van der Waals surface area (Å²) in [7, 11) is 1.84. The molecule has 0 spiro atoms. The Morgan fingerprint density at radius 3 is 2.43 bits per heavy atom. The molecule has 1 aliphatic carbocycles. The zero-order valence-electron chi connectivity index (χ0n) is 17.3. The molecule has 0 unspecified atom stereocenters. The molecule has 0 radical (unpaired) electrons. The summed E-state index contributed by atoms with van der Waals surface area (Å²) in [5.74, 6) is 1.29. The number of halogens is 1. The van der Waals surface area contributed by atoms with Crippen LogP contribution in [-0.2, 0) is 0 Å². The molecule has 0 bridgehead atoms. The van der Waals surface area contributed by atoms with Crippen LogP contribution in [0.25, 0.3) is 0 Å². The maximum Gasteiger partial charge on any atom is 0.415 e. The summed E-state index contributed by atoms with van der Waals surface area (Å²) >= 11 is 5.87. The quantitative estimate of drug-likeness (QED) is 0.562. The second-order valence-electron chi connectivity index (χ2n) is 7.76. The summed E-state index contributed by atoms with van der Waals surface area (Å²) < 4.78 is 5.45. The predicted molar refractivity (Wildman–Crippen MR) is 114 cm³/mol. The van der Waals surface area contributed by atoms with Crippen LogP contribution in [0.3, 0.4) is 0 Å². The molecular formula is C22H35ClN2O3. The molecule has 0 atom stereocenters. The molecular weight excluding hydrogens is 376 g/mol. The summed E-state index contributed by atoms with van der Waals surface area (Å²) in [5, 5.41) is 9.67. The van der Waals surface area contributed by atoms with E-state index in [0.29, 0.717) is 10.8 Å². The Balaban J connectivity index is 1.65. The molecule has 1 amide bonds. The van der Waals surface area contributed by atoms with Crippen LogP contribution in [0.2, 0.25) is 5.02 Å². The van der Waals surface area contributed by atoms with Gasteiger partial charge in [-0.15, -0.1) is 0 Å². The van der Waals surface area contributed by atoms with Crippen LogP contribution in [-0.4, -0.2) is 60.3 Å². The smallest absolute Gasteiger partial charge is 0.410 e. The van der Waals surface area contributed by atoms with Crippen LogP contribution in [0.4, 0.5) is 4.79 Å². The molecule has 0 heterocycles. The van der Waals surface area contributed by atoms with E-state index in [1.165, 1.54) is 32.1 Å². The fraction of sp³-hybridized carbons (Fsp3) is 0.682. The van der Waals surface area contributed by atoms with E-state index in [2.05, 4.69) is 11.8 Å². The number of aliphatic hydroxyl groups is 1. The Kier molecular flexibility index (Phi) is 10.1. The molecule has 2 rings (SSSR count). The Hall–Kier alpha value is -1.30. The topological polar surface area (TPSA) is 53.0 Å². The lowest BCUT2D eigenvalue weighted by molar-refractivity contribution is 0.123. The van der Waals surface area contributed by atoms with Crippen molar-refractivity contribution >= 4 is 17.7 Å². The highest BCUT2D eigenvalue weighted by Crippen LogP contribution is 2.31. The number of likely N-dealkylation sites (N-methyl/N-ethyl adjacent to an activating group) is 1. The van der Waals surface area contributed by atoms with E-state index in [1.807, 2.05) is 7.05 Å². The zero-order valence-corrected chi connectivity index (χ0v) is 18.0. The lowest BCUT2D eigenvalue weighted by atomic mass is 9.82. The largest absolute Gasteiger partial charge is 0.415 e. The van der Waals surface area contributed by atoms with Gasteiger partial charge in [-0.25, -0.2) is 4.79 Å². The van der Waals surface area contributed by atoms with Crippen molar-refractivity contribution in [1.29, 1.82) is 0 Å². The first-order valence-electron chi connectivity index (χ1n) is 10.6. The van der Waals surface area contributed by atoms with Crippen LogP contribution in [0.5, 0.6) is 5.75 Å². The van der Waals surface area contributed by atoms with Crippen LogP contribution in [0.15, 0.2) is 24.3 Å². The number of carbonyl (C=O) groups is 1. The number of ether oxygens (including phenoxy) is 1. The molecule has 0 aliphatic heterocycles. The van der Waals surface area contributed by atoms with Gasteiger partial charge in [0.05, 0.1) is 6.61 Å². The molecule has 1 aromatic rings. The fourth-order valence-electron chi connectivity index (χ4n) is 3.98. The number of hydrogen-bond donors (Lipinski definition) is 1. The number of rotatable bonds is 10. The molecule has 6 heteroatoms. The number of nitrogens with zero attached hydrogens (tertiary/aromatic N) is 2. The van der Waals surface area contributed by atoms with Crippen molar-refractivity contribution in [3.05, 3.63) is 29.3 Å². The fourth-order valence-corrected chi connectivity index (χ4v) is 4.11. The minimum Gasteiger partial charge on any atom is -0.410 e. The molecule has 158 valence electrons. The standard InChI is InChI=1S/C22H35ClN2O3/c1-3-25(16-17-26)15-5-4-6-18-7-11-20(12-8-18)24(2)22(27)28-21-13-9-19(23)10-14-21/h9-10,13-14,18,20,26H,3-8,11-12,15-17H2,1-2H3. The Morgan fingerprint density at radius 2 is 1.82 bits per heavy atom. The van der Waals surface area contributed by atoms with Gasteiger partial charge in [-0.2, -0.15) is 0 Å². The van der Waals surface area contributed by atoms with Gasteiger partial charge in [-0.05, 0) is 75.4 Å². The van der Waals surface area contributed by atoms with E-state index >= 15 is 0 Å². The highest BCUT2D eigenvalue weighted by molar-refractivity contribution is 6.30. The first-order valence-corrected chi connectivity index (χ1v) is 10.9. The average molecular weight is 411 g/mol. The van der Waals surface area contributed by atoms with Gasteiger partial charge in [0.15, 0.2) is 0 Å². The van der Waals surface area contributed by atoms with E-state index in [-0.39, 0.29) is 18.7 Å². The number of hydrogen-bond acceptors (Lipinski definition) is 4. The lowest BCUT2D eigenvalue weighted by Gasteiger charge is -2.34. The van der Waals surface area contributed by atoms with Crippen LogP contribution in [0.1, 0.15) is 51.9 Å². The Morgan fingerprint density at radius 1 is 1.14 bits per heavy atom. The molecule has 5 nitrogen and oxygen atoms in total. The second-order valence-corrected chi connectivity index (χ2v) is 8.20. The van der Waals surface area contributed by atoms with Crippen LogP contribution >= 0.6 is 11.6 Å². The number of aliphatic hydroxyl groups excluding tert-OH is 1. The van der Waals surface area contributed by atoms with Crippen molar-refractivity contribution in [3.8, 4) is 5.75 Å². The van der Waals surface area contributed by atoms with Crippen molar-refractivity contribution in [2.45, 2.75) is 57.9 Å². The van der Waals surface area contributed by atoms with E-state index in [9.17, 15) is 4.79 Å². The third-order valence-electron chi connectivity index (χ3n) is 5.87. The SMILES string of the molecule is CCN(CCO)CCCCC1CCC(N(C)C(=O)Oc2ccc(Cl)cc2)CC1. The highest BCUT2D eigenvalue weighted by Gasteiger charge is 2.27. The van der Waals surface area contributed by atoms with Gasteiger partial charge in [-0.3, -0.25) is 0 Å². The number of amides is 1. The molecule has 1 fully saturated rings. The predicted octanol–water partition coefficient (Wildman–Crippen LogP) is 4.81. The maximum absolute atomic E-state index is 12.4. The maximum atomic E-state index is 12.4. The second kappa shape index (κ2) is 12.3. The Bertz CT molecular complexity index is 574. The third-order valence-corrected chi connectivity index (χ3v) is 6.12. The molecule has 28 heavy (non-hydrogen) atoms. The van der Waals surface area contributed by atoms with Crippen LogP contribution in [0, 0.1) is 5.92 Å². The molecule has 0 saturated heterocycles. The van der Waals surface area contributed by atoms with Gasteiger partial charge < -0.3 is 19.6 Å². The van der Waals surface area contributed by atoms with Crippen molar-refractivity contribution in [3.63, 3.8) is 0 Å². The van der Waals surface area contributed by atoms with Crippen molar-refractivity contribution in [2.75, 3.05) is 33.3 Å². The molecule has 0 aromatic heterocycles. The summed E-state index contributed by atoms with van der Waals surface area (Å²) in [4.78, 5) is 16.4. The normalized spacial score (nSPS) is 19.6. The molecule has 1 saturated carbocycles. The van der Waals surface area contributed by atoms with Gasteiger partial charge in [0.2, 0.25) is 0 Å². The molecule has 1 N–H and O–H groups in total. The molecule has 1 aliphatic rings. The zero-order chi connectivity index (χ0) is 20.4. The first kappa shape index (κ1) is 23.0. The van der Waals surface area contributed by atoms with Gasteiger partial charge in [0, 0.05) is 24.7 Å². The van der Waals surface area contributed by atoms with Gasteiger partial charge in [-0.1, -0.05) is 31.4 Å². The lowest BCUT2D eigenvalue weighted by Crippen LogP contribution is -2.41. The van der Waals surface area contributed by atoms with Crippen molar-refractivity contribution in [1.82, 2.24) is 9.80 Å². The van der Waals surface area contributed by atoms with Crippen LogP contribution < -0.4 is 4.74 Å². The monoisotopic (exact) mass is 410 g/mol. The van der Waals surface area contributed by atoms with E-state index in [0.717, 1.165) is 38.4 Å². The first-order chi connectivity index (χ1) is 13.5. The summed E-state index contributed by atoms with van der Waals surface area (Å²) in [6, 6.07) is 7.13. The minimum absolute atomic E-state index is 0.242. The minimum atomic E-state index is -0.297. The Labute approximate surface area is 174 Å². The van der Waals surface area contributed by atoms with E-state index in [4.69, 9.17) is 21.4 Å². The number of unbranched alkanes of at least 4 members (excludes halogenated alkanes) is 1. The number of benzene rings is 1. The van der Waals surface area contributed by atoms with Gasteiger partial charge >= 0.3 is 6.09 Å². The van der Waals surface area contributed by atoms with Gasteiger partial charge in [0.1, 0.15) is 5.75 Å². The van der Waals surface area contributed by atoms with Crippen molar-refractivity contribution < 1.29 is 14.6 Å². The van der Waals surface area contributed by atoms with Crippen molar-refractivity contribution in [2.24, 2.45) is 5.92 Å². The molecule has 1 aromatic carbocycles. The number of carbonyl (C=O) groups excluding carboxylic acids is 1. The summed E-state index contributed by atoms with van der Waals surface area (Å²) in [6.45, 7) is 5.24. The van der Waals surface area contributed by atoms with Gasteiger partial charge in [0.25, 0.3) is 0 Å². The summed E-state index contributed by atoms with van der Waals surface area (Å²) in [6.07, 6.45) is 7.85. The van der Waals surface area contributed by atoms with E-state index in [1.54, 1.807) is 29.2 Å². The third kappa shape index (κ3) is 7.61.